The molecule has 4 heteroatoms. The normalized spacial score (nSPS) is 15.5. The van der Waals surface area contributed by atoms with Crippen molar-refractivity contribution in [2.45, 2.75) is 25.8 Å². The quantitative estimate of drug-likeness (QED) is 0.795. The van der Waals surface area contributed by atoms with Crippen molar-refractivity contribution in [3.8, 4) is 0 Å². The van der Waals surface area contributed by atoms with E-state index in [1.165, 1.54) is 17.7 Å². The van der Waals surface area contributed by atoms with Crippen LogP contribution in [0.5, 0.6) is 0 Å². The Morgan fingerprint density at radius 3 is 3.12 bits per heavy atom. The molecular formula is C12H13N3S. The lowest BCUT2D eigenvalue weighted by Crippen LogP contribution is -2.11. The molecule has 3 rings (SSSR count). The minimum atomic E-state index is 0.989. The zero-order valence-corrected chi connectivity index (χ0v) is 9.78. The molecule has 1 aliphatic rings. The molecule has 0 spiro atoms. The van der Waals surface area contributed by atoms with E-state index in [0.717, 1.165) is 24.6 Å². The molecule has 2 aromatic heterocycles. The average Bonchev–Trinajstić information content (AvgIpc) is 2.96. The number of rotatable bonds is 2. The Bertz CT molecular complexity index is 496. The fourth-order valence-corrected chi connectivity index (χ4v) is 2.61. The van der Waals surface area contributed by atoms with Gasteiger partial charge in [-0.15, -0.1) is 21.5 Å². The highest BCUT2D eigenvalue weighted by atomic mass is 32.1. The summed E-state index contributed by atoms with van der Waals surface area (Å²) < 4.78 is 2.23. The van der Waals surface area contributed by atoms with Gasteiger partial charge in [0.2, 0.25) is 0 Å². The topological polar surface area (TPSA) is 30.7 Å². The molecule has 0 N–H and O–H groups in total. The Balaban J connectivity index is 1.87. The van der Waals surface area contributed by atoms with Gasteiger partial charge >= 0.3 is 0 Å². The van der Waals surface area contributed by atoms with Crippen molar-refractivity contribution in [3.05, 3.63) is 34.0 Å². The fraction of sp³-hybridized carbons (Fsp3) is 0.333. The van der Waals surface area contributed by atoms with Gasteiger partial charge in [0.25, 0.3) is 0 Å². The first-order chi connectivity index (χ1) is 7.93. The van der Waals surface area contributed by atoms with Crippen molar-refractivity contribution in [2.24, 2.45) is 0 Å². The van der Waals surface area contributed by atoms with Gasteiger partial charge in [-0.05, 0) is 36.4 Å². The summed E-state index contributed by atoms with van der Waals surface area (Å²) in [6.07, 6.45) is 7.72. The van der Waals surface area contributed by atoms with Crippen molar-refractivity contribution in [1.29, 1.82) is 0 Å². The van der Waals surface area contributed by atoms with Crippen LogP contribution in [0.3, 0.4) is 0 Å². The van der Waals surface area contributed by atoms with Crippen molar-refractivity contribution >= 4 is 23.5 Å². The van der Waals surface area contributed by atoms with Gasteiger partial charge in [0, 0.05) is 17.8 Å². The molecule has 3 heterocycles. The predicted octanol–water partition coefficient (Wildman–Crippen LogP) is 2.85. The smallest absolute Gasteiger partial charge is 0.156 e. The Hall–Kier alpha value is -1.42. The second-order valence-electron chi connectivity index (χ2n) is 3.93. The van der Waals surface area contributed by atoms with Gasteiger partial charge < -0.3 is 4.57 Å². The minimum Gasteiger partial charge on any atom is -0.312 e. The predicted molar refractivity (Wildman–Crippen MR) is 66.2 cm³/mol. The summed E-state index contributed by atoms with van der Waals surface area (Å²) in [6, 6.07) is 4.16. The van der Waals surface area contributed by atoms with E-state index in [2.05, 4.69) is 44.4 Å². The van der Waals surface area contributed by atoms with Gasteiger partial charge in [-0.1, -0.05) is 6.07 Å². The zero-order chi connectivity index (χ0) is 10.8. The van der Waals surface area contributed by atoms with E-state index in [0.29, 0.717) is 0 Å². The highest BCUT2D eigenvalue weighted by Gasteiger charge is 2.13. The molecule has 1 aliphatic heterocycles. The summed E-state index contributed by atoms with van der Waals surface area (Å²) in [7, 11) is 0. The minimum absolute atomic E-state index is 0.989. The Kier molecular flexibility index (Phi) is 2.58. The second-order valence-corrected chi connectivity index (χ2v) is 4.91. The summed E-state index contributed by atoms with van der Waals surface area (Å²) >= 11 is 1.74. The average molecular weight is 231 g/mol. The van der Waals surface area contributed by atoms with Gasteiger partial charge in [0.05, 0.1) is 0 Å². The zero-order valence-electron chi connectivity index (χ0n) is 8.97. The number of aromatic nitrogens is 3. The Morgan fingerprint density at radius 2 is 2.25 bits per heavy atom. The van der Waals surface area contributed by atoms with Crippen LogP contribution in [-0.2, 0) is 13.0 Å². The number of aryl methyl sites for hydroxylation is 1. The molecule has 0 radical (unpaired) electrons. The summed E-state index contributed by atoms with van der Waals surface area (Å²) in [6.45, 7) is 1.06. The van der Waals surface area contributed by atoms with Crippen LogP contribution in [0.4, 0.5) is 0 Å². The van der Waals surface area contributed by atoms with Gasteiger partial charge in [-0.3, -0.25) is 0 Å². The van der Waals surface area contributed by atoms with E-state index in [9.17, 15) is 0 Å². The molecule has 0 bridgehead atoms. The number of hydrogen-bond acceptors (Lipinski definition) is 3. The van der Waals surface area contributed by atoms with E-state index in [-0.39, 0.29) is 0 Å². The lowest BCUT2D eigenvalue weighted by molar-refractivity contribution is 0.520. The molecular weight excluding hydrogens is 218 g/mol. The highest BCUT2D eigenvalue weighted by molar-refractivity contribution is 7.10. The summed E-state index contributed by atoms with van der Waals surface area (Å²) in [5.41, 5.74) is 0. The summed E-state index contributed by atoms with van der Waals surface area (Å²) in [4.78, 5) is 1.26. The van der Waals surface area contributed by atoms with Crippen LogP contribution >= 0.6 is 11.3 Å². The van der Waals surface area contributed by atoms with E-state index in [4.69, 9.17) is 0 Å². The molecule has 0 atom stereocenters. The summed E-state index contributed by atoms with van der Waals surface area (Å²) in [5, 5.41) is 10.5. The fourth-order valence-electron chi connectivity index (χ4n) is 2.00. The van der Waals surface area contributed by atoms with Gasteiger partial charge in [0.15, 0.2) is 5.82 Å². The lowest BCUT2D eigenvalue weighted by Gasteiger charge is -2.13. The summed E-state index contributed by atoms with van der Waals surface area (Å²) in [5.74, 6) is 2.13. The van der Waals surface area contributed by atoms with Crippen LogP contribution in [0, 0.1) is 0 Å². The molecule has 0 aromatic carbocycles. The Labute approximate surface area is 98.4 Å². The molecule has 0 aliphatic carbocycles. The molecule has 0 amide bonds. The van der Waals surface area contributed by atoms with E-state index < -0.39 is 0 Å². The van der Waals surface area contributed by atoms with Crippen LogP contribution < -0.4 is 0 Å². The molecule has 0 unspecified atom stereocenters. The highest BCUT2D eigenvalue weighted by Crippen LogP contribution is 2.17. The second kappa shape index (κ2) is 4.22. The molecule has 0 fully saturated rings. The SMILES string of the molecule is C(=C\c1nnc2n1CCCC2)/c1cccs1. The number of hydrogen-bond donors (Lipinski definition) is 0. The van der Waals surface area contributed by atoms with Crippen molar-refractivity contribution < 1.29 is 0 Å². The standard InChI is InChI=1S/C12H13N3S/c1-2-8-15-11(5-1)13-14-12(15)7-6-10-4-3-9-16-10/h3-4,6-7,9H,1-2,5,8H2/b7-6+. The molecule has 16 heavy (non-hydrogen) atoms. The molecule has 0 saturated heterocycles. The van der Waals surface area contributed by atoms with Crippen LogP contribution in [0.1, 0.15) is 29.4 Å². The largest absolute Gasteiger partial charge is 0.312 e. The van der Waals surface area contributed by atoms with E-state index in [1.807, 2.05) is 0 Å². The van der Waals surface area contributed by atoms with Crippen molar-refractivity contribution in [2.75, 3.05) is 0 Å². The Morgan fingerprint density at radius 1 is 1.25 bits per heavy atom. The number of nitrogens with zero attached hydrogens (tertiary/aromatic N) is 3. The third-order valence-electron chi connectivity index (χ3n) is 2.83. The van der Waals surface area contributed by atoms with Crippen LogP contribution in [0.25, 0.3) is 12.2 Å². The molecule has 82 valence electrons. The number of thiophene rings is 1. The maximum atomic E-state index is 4.23. The molecule has 3 nitrogen and oxygen atoms in total. The van der Waals surface area contributed by atoms with Gasteiger partial charge in [0.1, 0.15) is 5.82 Å². The first-order valence-electron chi connectivity index (χ1n) is 5.57. The van der Waals surface area contributed by atoms with Crippen molar-refractivity contribution in [3.63, 3.8) is 0 Å². The maximum absolute atomic E-state index is 4.23. The third-order valence-corrected chi connectivity index (χ3v) is 3.67. The van der Waals surface area contributed by atoms with E-state index in [1.54, 1.807) is 11.3 Å². The van der Waals surface area contributed by atoms with Gasteiger partial charge in [-0.2, -0.15) is 0 Å². The third kappa shape index (κ3) is 1.80. The van der Waals surface area contributed by atoms with Crippen LogP contribution in [0.15, 0.2) is 17.5 Å². The first-order valence-corrected chi connectivity index (χ1v) is 6.45. The van der Waals surface area contributed by atoms with Crippen molar-refractivity contribution in [1.82, 2.24) is 14.8 Å². The molecule has 2 aromatic rings. The van der Waals surface area contributed by atoms with Gasteiger partial charge in [-0.25, -0.2) is 0 Å². The van der Waals surface area contributed by atoms with Crippen LogP contribution in [-0.4, -0.2) is 14.8 Å². The monoisotopic (exact) mass is 231 g/mol. The number of fused-ring (bicyclic) bond motifs is 1. The van der Waals surface area contributed by atoms with E-state index >= 15 is 0 Å². The molecule has 0 saturated carbocycles. The first kappa shape index (κ1) is 9.78. The lowest BCUT2D eigenvalue weighted by atomic mass is 10.1. The maximum Gasteiger partial charge on any atom is 0.156 e. The van der Waals surface area contributed by atoms with Crippen LogP contribution in [0.2, 0.25) is 0 Å².